The van der Waals surface area contributed by atoms with E-state index in [1.165, 1.54) is 0 Å². The van der Waals surface area contributed by atoms with E-state index in [1.807, 2.05) is 44.5 Å². The van der Waals surface area contributed by atoms with Crippen LogP contribution in [0.2, 0.25) is 0 Å². The molecular formula is C20H27F2N3O2. The van der Waals surface area contributed by atoms with Crippen molar-refractivity contribution in [1.29, 1.82) is 0 Å². The summed E-state index contributed by atoms with van der Waals surface area (Å²) < 4.78 is 38.2. The fraction of sp³-hybridized carbons (Fsp3) is 0.550. The SMILES string of the molecule is Cc1cc(C)n(C[C@@H]2CN(Cc3cc(C)c(C)cc3OC(F)F)CCO2)n1. The highest BCUT2D eigenvalue weighted by molar-refractivity contribution is 5.41. The smallest absolute Gasteiger partial charge is 0.387 e. The normalized spacial score (nSPS) is 18.3. The molecule has 2 aromatic rings. The third-order valence-electron chi connectivity index (χ3n) is 4.99. The maximum absolute atomic E-state index is 12.8. The quantitative estimate of drug-likeness (QED) is 0.769. The van der Waals surface area contributed by atoms with Crippen LogP contribution < -0.4 is 4.74 Å². The first-order valence-electron chi connectivity index (χ1n) is 9.21. The second kappa shape index (κ2) is 8.35. The van der Waals surface area contributed by atoms with E-state index in [9.17, 15) is 8.78 Å². The maximum Gasteiger partial charge on any atom is 0.387 e. The number of aromatic nitrogens is 2. The molecule has 1 aromatic heterocycles. The second-order valence-electron chi connectivity index (χ2n) is 7.26. The average Bonchev–Trinajstić information content (AvgIpc) is 2.89. The first kappa shape index (κ1) is 19.8. The number of alkyl halides is 2. The van der Waals surface area contributed by atoms with Gasteiger partial charge in [0.15, 0.2) is 0 Å². The highest BCUT2D eigenvalue weighted by Gasteiger charge is 2.23. The molecule has 5 nitrogen and oxygen atoms in total. The molecule has 148 valence electrons. The Balaban J connectivity index is 1.70. The van der Waals surface area contributed by atoms with Gasteiger partial charge in [-0.05, 0) is 51.0 Å². The summed E-state index contributed by atoms with van der Waals surface area (Å²) >= 11 is 0. The van der Waals surface area contributed by atoms with Crippen molar-refractivity contribution in [1.82, 2.24) is 14.7 Å². The number of halogens is 2. The molecule has 0 spiro atoms. The Labute approximate surface area is 158 Å². The number of benzene rings is 1. The number of ether oxygens (including phenoxy) is 2. The first-order valence-corrected chi connectivity index (χ1v) is 9.21. The second-order valence-corrected chi connectivity index (χ2v) is 7.26. The van der Waals surface area contributed by atoms with Crippen LogP contribution in [0, 0.1) is 27.7 Å². The van der Waals surface area contributed by atoms with Crippen LogP contribution >= 0.6 is 0 Å². The lowest BCUT2D eigenvalue weighted by Gasteiger charge is -2.33. The lowest BCUT2D eigenvalue weighted by Crippen LogP contribution is -2.44. The van der Waals surface area contributed by atoms with Crippen molar-refractivity contribution in [2.45, 2.75) is 53.5 Å². The summed E-state index contributed by atoms with van der Waals surface area (Å²) in [5.74, 6) is 0.259. The Hall–Kier alpha value is -1.99. The summed E-state index contributed by atoms with van der Waals surface area (Å²) in [4.78, 5) is 2.22. The molecule has 0 N–H and O–H groups in total. The van der Waals surface area contributed by atoms with Crippen molar-refractivity contribution >= 4 is 0 Å². The molecule has 1 atom stereocenters. The van der Waals surface area contributed by atoms with Crippen LogP contribution in [0.5, 0.6) is 5.75 Å². The van der Waals surface area contributed by atoms with Gasteiger partial charge in [-0.2, -0.15) is 13.9 Å². The summed E-state index contributed by atoms with van der Waals surface area (Å²) in [6, 6.07) is 5.69. The highest BCUT2D eigenvalue weighted by atomic mass is 19.3. The molecule has 1 aromatic carbocycles. The zero-order chi connectivity index (χ0) is 19.6. The Bertz CT molecular complexity index is 792. The van der Waals surface area contributed by atoms with Crippen LogP contribution in [0.25, 0.3) is 0 Å². The van der Waals surface area contributed by atoms with Gasteiger partial charge >= 0.3 is 6.61 Å². The molecule has 0 saturated carbocycles. The molecular weight excluding hydrogens is 352 g/mol. The van der Waals surface area contributed by atoms with Gasteiger partial charge < -0.3 is 9.47 Å². The van der Waals surface area contributed by atoms with Gasteiger partial charge in [0.2, 0.25) is 0 Å². The van der Waals surface area contributed by atoms with E-state index < -0.39 is 6.61 Å². The first-order chi connectivity index (χ1) is 12.8. The van der Waals surface area contributed by atoms with E-state index in [1.54, 1.807) is 6.07 Å². The van der Waals surface area contributed by atoms with Crippen molar-refractivity contribution in [2.24, 2.45) is 0 Å². The van der Waals surface area contributed by atoms with Gasteiger partial charge in [0.25, 0.3) is 0 Å². The third-order valence-corrected chi connectivity index (χ3v) is 4.99. The number of aryl methyl sites for hydroxylation is 4. The van der Waals surface area contributed by atoms with Gasteiger partial charge in [0.1, 0.15) is 5.75 Å². The zero-order valence-corrected chi connectivity index (χ0v) is 16.3. The fourth-order valence-electron chi connectivity index (χ4n) is 3.51. The fourth-order valence-corrected chi connectivity index (χ4v) is 3.51. The summed E-state index contributed by atoms with van der Waals surface area (Å²) in [6.45, 7) is 8.39. The Kier molecular flexibility index (Phi) is 6.11. The van der Waals surface area contributed by atoms with Gasteiger partial charge in [-0.25, -0.2) is 0 Å². The summed E-state index contributed by atoms with van der Waals surface area (Å²) in [6.07, 6.45) is 0.0164. The Morgan fingerprint density at radius 3 is 2.59 bits per heavy atom. The van der Waals surface area contributed by atoms with Crippen LogP contribution in [0.1, 0.15) is 28.1 Å². The maximum atomic E-state index is 12.8. The molecule has 1 aliphatic rings. The number of rotatable bonds is 6. The van der Waals surface area contributed by atoms with Gasteiger partial charge in [-0.3, -0.25) is 9.58 Å². The van der Waals surface area contributed by atoms with Crippen LogP contribution in [0.4, 0.5) is 8.78 Å². The van der Waals surface area contributed by atoms with E-state index >= 15 is 0 Å². The molecule has 0 radical (unpaired) electrons. The van der Waals surface area contributed by atoms with Crippen molar-refractivity contribution < 1.29 is 18.3 Å². The molecule has 0 bridgehead atoms. The predicted molar refractivity (Wildman–Crippen MR) is 99.3 cm³/mol. The van der Waals surface area contributed by atoms with Crippen molar-refractivity contribution in [3.63, 3.8) is 0 Å². The lowest BCUT2D eigenvalue weighted by atomic mass is 10.0. The largest absolute Gasteiger partial charge is 0.434 e. The van der Waals surface area contributed by atoms with Crippen LogP contribution in [0.15, 0.2) is 18.2 Å². The van der Waals surface area contributed by atoms with Gasteiger partial charge in [0.05, 0.1) is 24.9 Å². The van der Waals surface area contributed by atoms with E-state index in [0.29, 0.717) is 19.7 Å². The Morgan fingerprint density at radius 1 is 1.19 bits per heavy atom. The number of morpholine rings is 1. The molecule has 1 fully saturated rings. The van der Waals surface area contributed by atoms with E-state index in [0.717, 1.165) is 41.2 Å². The van der Waals surface area contributed by atoms with Crippen LogP contribution in [-0.4, -0.2) is 47.1 Å². The molecule has 0 aliphatic carbocycles. The molecule has 0 unspecified atom stereocenters. The lowest BCUT2D eigenvalue weighted by molar-refractivity contribution is -0.0536. The molecule has 1 aliphatic heterocycles. The number of hydrogen-bond donors (Lipinski definition) is 0. The third kappa shape index (κ3) is 5.05. The van der Waals surface area contributed by atoms with Crippen molar-refractivity contribution in [2.75, 3.05) is 19.7 Å². The van der Waals surface area contributed by atoms with E-state index in [4.69, 9.17) is 9.47 Å². The van der Waals surface area contributed by atoms with Crippen molar-refractivity contribution in [3.8, 4) is 5.75 Å². The van der Waals surface area contributed by atoms with Crippen molar-refractivity contribution in [3.05, 3.63) is 46.3 Å². The minimum atomic E-state index is -2.82. The van der Waals surface area contributed by atoms with Gasteiger partial charge in [-0.1, -0.05) is 6.07 Å². The molecule has 3 rings (SSSR count). The minimum absolute atomic E-state index is 0.0164. The minimum Gasteiger partial charge on any atom is -0.434 e. The number of nitrogens with zero attached hydrogens (tertiary/aromatic N) is 3. The highest BCUT2D eigenvalue weighted by Crippen LogP contribution is 2.27. The molecule has 2 heterocycles. The summed E-state index contributed by atoms with van der Waals surface area (Å²) in [5.41, 5.74) is 4.89. The van der Waals surface area contributed by atoms with Crippen LogP contribution in [-0.2, 0) is 17.8 Å². The number of hydrogen-bond acceptors (Lipinski definition) is 4. The monoisotopic (exact) mass is 379 g/mol. The standard InChI is InChI=1S/C20H27F2N3O2/c1-13-7-17(19(8-14(13)2)27-20(21)22)10-24-5-6-26-18(11-24)12-25-16(4)9-15(3)23-25/h7-9,18,20H,5-6,10-12H2,1-4H3/t18-/m0/s1. The van der Waals surface area contributed by atoms with E-state index in [2.05, 4.69) is 10.00 Å². The van der Waals surface area contributed by atoms with Gasteiger partial charge in [0, 0.05) is 30.9 Å². The van der Waals surface area contributed by atoms with Gasteiger partial charge in [-0.15, -0.1) is 0 Å². The average molecular weight is 379 g/mol. The zero-order valence-electron chi connectivity index (χ0n) is 16.3. The summed E-state index contributed by atoms with van der Waals surface area (Å²) in [5, 5.41) is 4.50. The topological polar surface area (TPSA) is 39.5 Å². The van der Waals surface area contributed by atoms with E-state index in [-0.39, 0.29) is 11.9 Å². The molecule has 27 heavy (non-hydrogen) atoms. The molecule has 7 heteroatoms. The predicted octanol–water partition coefficient (Wildman–Crippen LogP) is 3.62. The Morgan fingerprint density at radius 2 is 1.93 bits per heavy atom. The molecule has 1 saturated heterocycles. The summed E-state index contributed by atoms with van der Waals surface area (Å²) in [7, 11) is 0. The molecule has 0 amide bonds. The van der Waals surface area contributed by atoms with Crippen LogP contribution in [0.3, 0.4) is 0 Å².